The van der Waals surface area contributed by atoms with Gasteiger partial charge in [0.1, 0.15) is 11.8 Å². The van der Waals surface area contributed by atoms with Gasteiger partial charge in [-0.1, -0.05) is 26.0 Å². The summed E-state index contributed by atoms with van der Waals surface area (Å²) in [6.45, 7) is 3.44. The van der Waals surface area contributed by atoms with E-state index in [0.717, 1.165) is 5.56 Å². The van der Waals surface area contributed by atoms with Crippen LogP contribution in [0.3, 0.4) is 0 Å². The van der Waals surface area contributed by atoms with Crippen molar-refractivity contribution in [3.63, 3.8) is 0 Å². The molecule has 0 aliphatic carbocycles. The lowest BCUT2D eigenvalue weighted by Crippen LogP contribution is -2.44. The normalized spacial score (nSPS) is 12.0. The lowest BCUT2D eigenvalue weighted by molar-refractivity contribution is -0.142. The first-order valence-corrected chi connectivity index (χ1v) is 6.10. The Bertz CT molecular complexity index is 457. The summed E-state index contributed by atoms with van der Waals surface area (Å²) in [5.41, 5.74) is 0.802. The summed E-state index contributed by atoms with van der Waals surface area (Å²) in [6.07, 6.45) is 0.227. The zero-order valence-corrected chi connectivity index (χ0v) is 11.3. The molecule has 0 aromatic heterocycles. The highest BCUT2D eigenvalue weighted by atomic mass is 16.5. The number of hydrogen-bond acceptors (Lipinski definition) is 3. The van der Waals surface area contributed by atoms with Crippen molar-refractivity contribution in [3.8, 4) is 5.75 Å². The van der Waals surface area contributed by atoms with E-state index in [1.807, 2.05) is 0 Å². The number of benzene rings is 1. The predicted molar refractivity (Wildman–Crippen MR) is 71.1 cm³/mol. The van der Waals surface area contributed by atoms with Crippen LogP contribution in [0.1, 0.15) is 19.4 Å². The quantitative estimate of drug-likeness (QED) is 0.816. The van der Waals surface area contributed by atoms with E-state index in [4.69, 9.17) is 9.84 Å². The number of carbonyl (C=O) groups excluding carboxylic acids is 1. The Kier molecular flexibility index (Phi) is 5.36. The number of hydrogen-bond donors (Lipinski definition) is 2. The van der Waals surface area contributed by atoms with Gasteiger partial charge in [-0.2, -0.15) is 0 Å². The van der Waals surface area contributed by atoms with Crippen molar-refractivity contribution in [1.82, 2.24) is 5.32 Å². The number of amides is 1. The molecule has 0 aliphatic rings. The minimum atomic E-state index is -1.04. The van der Waals surface area contributed by atoms with E-state index in [1.165, 1.54) is 0 Å². The third-order valence-corrected chi connectivity index (χ3v) is 2.71. The molecule has 1 amide bonds. The van der Waals surface area contributed by atoms with E-state index in [9.17, 15) is 9.59 Å². The van der Waals surface area contributed by atoms with E-state index in [1.54, 1.807) is 45.2 Å². The molecule has 2 N–H and O–H groups in total. The van der Waals surface area contributed by atoms with Crippen LogP contribution in [0.25, 0.3) is 0 Å². The van der Waals surface area contributed by atoms with Crippen LogP contribution in [0.15, 0.2) is 24.3 Å². The van der Waals surface area contributed by atoms with Crippen LogP contribution in [0, 0.1) is 5.92 Å². The van der Waals surface area contributed by atoms with Crippen LogP contribution in [-0.2, 0) is 16.0 Å². The first-order chi connectivity index (χ1) is 8.93. The molecule has 0 saturated heterocycles. The lowest BCUT2D eigenvalue weighted by atomic mass is 10.0. The standard InChI is InChI=1S/C14H19NO4/c1-9(2)13(16)15-12(14(17)18)8-10-5-4-6-11(7-10)19-3/h4-7,9,12H,8H2,1-3H3,(H,15,16)(H,17,18). The Hall–Kier alpha value is -2.04. The predicted octanol–water partition coefficient (Wildman–Crippen LogP) is 1.46. The van der Waals surface area contributed by atoms with Gasteiger partial charge in [0, 0.05) is 12.3 Å². The molecule has 104 valence electrons. The van der Waals surface area contributed by atoms with Gasteiger partial charge in [0.25, 0.3) is 0 Å². The van der Waals surface area contributed by atoms with Crippen molar-refractivity contribution in [2.24, 2.45) is 5.92 Å². The number of methoxy groups -OCH3 is 1. The van der Waals surface area contributed by atoms with Gasteiger partial charge in [0.15, 0.2) is 0 Å². The molecule has 1 aromatic carbocycles. The SMILES string of the molecule is COc1cccc(CC(NC(=O)C(C)C)C(=O)O)c1. The van der Waals surface area contributed by atoms with Crippen molar-refractivity contribution in [2.45, 2.75) is 26.3 Å². The van der Waals surface area contributed by atoms with Gasteiger partial charge < -0.3 is 15.2 Å². The highest BCUT2D eigenvalue weighted by Crippen LogP contribution is 2.14. The summed E-state index contributed by atoms with van der Waals surface area (Å²) in [4.78, 5) is 22.7. The molecule has 1 atom stereocenters. The van der Waals surface area contributed by atoms with Gasteiger partial charge in [-0.15, -0.1) is 0 Å². The number of carboxylic acid groups (broad SMARTS) is 1. The van der Waals surface area contributed by atoms with Crippen molar-refractivity contribution in [2.75, 3.05) is 7.11 Å². The third kappa shape index (κ3) is 4.62. The van der Waals surface area contributed by atoms with Crippen molar-refractivity contribution in [1.29, 1.82) is 0 Å². The topological polar surface area (TPSA) is 75.6 Å². The summed E-state index contributed by atoms with van der Waals surface area (Å²) in [7, 11) is 1.55. The monoisotopic (exact) mass is 265 g/mol. The zero-order valence-electron chi connectivity index (χ0n) is 11.3. The number of nitrogens with one attached hydrogen (secondary N) is 1. The van der Waals surface area contributed by atoms with Crippen molar-refractivity contribution < 1.29 is 19.4 Å². The summed E-state index contributed by atoms with van der Waals surface area (Å²) >= 11 is 0. The third-order valence-electron chi connectivity index (χ3n) is 2.71. The van der Waals surface area contributed by atoms with Crippen LogP contribution in [0.4, 0.5) is 0 Å². The van der Waals surface area contributed by atoms with E-state index in [2.05, 4.69) is 5.32 Å². The molecule has 0 heterocycles. The Morgan fingerprint density at radius 1 is 1.37 bits per heavy atom. The fourth-order valence-corrected chi connectivity index (χ4v) is 1.57. The summed E-state index contributed by atoms with van der Waals surface area (Å²) in [5.74, 6) is -0.892. The molecule has 19 heavy (non-hydrogen) atoms. The lowest BCUT2D eigenvalue weighted by Gasteiger charge is -2.16. The number of carbonyl (C=O) groups is 2. The van der Waals surface area contributed by atoms with E-state index < -0.39 is 12.0 Å². The molecule has 0 spiro atoms. The maximum atomic E-state index is 11.6. The summed E-state index contributed by atoms with van der Waals surface area (Å²) in [5, 5.41) is 11.7. The molecule has 0 bridgehead atoms. The maximum Gasteiger partial charge on any atom is 0.326 e. The number of ether oxygens (including phenoxy) is 1. The van der Waals surface area contributed by atoms with Gasteiger partial charge in [-0.25, -0.2) is 4.79 Å². The average molecular weight is 265 g/mol. The second-order valence-corrected chi connectivity index (χ2v) is 4.61. The fraction of sp³-hybridized carbons (Fsp3) is 0.429. The largest absolute Gasteiger partial charge is 0.497 e. The summed E-state index contributed by atoms with van der Waals surface area (Å²) < 4.78 is 5.08. The molecule has 0 fully saturated rings. The van der Waals surface area contributed by atoms with Crippen LogP contribution in [-0.4, -0.2) is 30.1 Å². The first-order valence-electron chi connectivity index (χ1n) is 6.10. The highest BCUT2D eigenvalue weighted by Gasteiger charge is 2.21. The van der Waals surface area contributed by atoms with Crippen LogP contribution >= 0.6 is 0 Å². The van der Waals surface area contributed by atoms with Crippen molar-refractivity contribution in [3.05, 3.63) is 29.8 Å². The highest BCUT2D eigenvalue weighted by molar-refractivity contribution is 5.84. The molecule has 0 radical (unpaired) electrons. The van der Waals surface area contributed by atoms with E-state index >= 15 is 0 Å². The van der Waals surface area contributed by atoms with Crippen LogP contribution in [0.2, 0.25) is 0 Å². The van der Waals surface area contributed by atoms with Gasteiger partial charge in [0.2, 0.25) is 5.91 Å². The van der Waals surface area contributed by atoms with Crippen LogP contribution < -0.4 is 10.1 Å². The molecule has 1 unspecified atom stereocenters. The van der Waals surface area contributed by atoms with E-state index in [-0.39, 0.29) is 18.2 Å². The Balaban J connectivity index is 2.78. The number of carboxylic acids is 1. The molecular weight excluding hydrogens is 246 g/mol. The second-order valence-electron chi connectivity index (χ2n) is 4.61. The molecule has 5 nitrogen and oxygen atoms in total. The maximum absolute atomic E-state index is 11.6. The number of aliphatic carboxylic acids is 1. The minimum absolute atomic E-state index is 0.227. The molecule has 5 heteroatoms. The Morgan fingerprint density at radius 2 is 2.05 bits per heavy atom. The zero-order chi connectivity index (χ0) is 14.4. The van der Waals surface area contributed by atoms with Crippen molar-refractivity contribution >= 4 is 11.9 Å². The molecule has 0 aliphatic heterocycles. The smallest absolute Gasteiger partial charge is 0.326 e. The Labute approximate surface area is 112 Å². The molecule has 1 rings (SSSR count). The van der Waals surface area contributed by atoms with Gasteiger partial charge in [-0.05, 0) is 17.7 Å². The molecular formula is C14H19NO4. The molecule has 0 saturated carbocycles. The number of rotatable bonds is 6. The van der Waals surface area contributed by atoms with Gasteiger partial charge in [-0.3, -0.25) is 4.79 Å². The fourth-order valence-electron chi connectivity index (χ4n) is 1.57. The Morgan fingerprint density at radius 3 is 2.58 bits per heavy atom. The van der Waals surface area contributed by atoms with Gasteiger partial charge >= 0.3 is 5.97 Å². The van der Waals surface area contributed by atoms with Gasteiger partial charge in [0.05, 0.1) is 7.11 Å². The first kappa shape index (κ1) is 15.0. The molecule has 1 aromatic rings. The second kappa shape index (κ2) is 6.78. The van der Waals surface area contributed by atoms with Crippen LogP contribution in [0.5, 0.6) is 5.75 Å². The average Bonchev–Trinajstić information content (AvgIpc) is 2.37. The minimum Gasteiger partial charge on any atom is -0.497 e. The van der Waals surface area contributed by atoms with E-state index in [0.29, 0.717) is 5.75 Å². The summed E-state index contributed by atoms with van der Waals surface area (Å²) in [6, 6.07) is 6.21.